The third kappa shape index (κ3) is 2.63. The van der Waals surface area contributed by atoms with Crippen molar-refractivity contribution in [3.8, 4) is 0 Å². The van der Waals surface area contributed by atoms with Crippen LogP contribution in [0.4, 0.5) is 11.8 Å². The van der Waals surface area contributed by atoms with Crippen molar-refractivity contribution in [2.45, 2.75) is 38.4 Å². The fourth-order valence-electron chi connectivity index (χ4n) is 3.32. The molecule has 10 heteroatoms. The predicted octanol–water partition coefficient (Wildman–Crippen LogP) is 0.434. The van der Waals surface area contributed by atoms with Gasteiger partial charge in [0.15, 0.2) is 11.3 Å². The molecule has 1 fully saturated rings. The quantitative estimate of drug-likeness (QED) is 0.622. The molecule has 1 amide bonds. The van der Waals surface area contributed by atoms with Gasteiger partial charge in [0.05, 0.1) is 23.8 Å². The lowest BCUT2D eigenvalue weighted by molar-refractivity contribution is 0.0945. The first-order chi connectivity index (χ1) is 12.7. The molecular weight excluding hydrogens is 334 g/mol. The molecule has 0 unspecified atom stereocenters. The Kier molecular flexibility index (Phi) is 3.30. The molecule has 26 heavy (non-hydrogen) atoms. The van der Waals surface area contributed by atoms with Crippen LogP contribution in [-0.4, -0.2) is 48.4 Å². The summed E-state index contributed by atoms with van der Waals surface area (Å²) in [6.45, 7) is 2.17. The average molecular weight is 353 g/mol. The Morgan fingerprint density at radius 3 is 3.04 bits per heavy atom. The summed E-state index contributed by atoms with van der Waals surface area (Å²) in [5.74, 6) is 0.863. The zero-order valence-corrected chi connectivity index (χ0v) is 14.1. The molecule has 1 aliphatic heterocycles. The molecule has 10 nitrogen and oxygen atoms in total. The summed E-state index contributed by atoms with van der Waals surface area (Å²) in [7, 11) is 0. The average Bonchev–Trinajstić information content (AvgIpc) is 3.21. The van der Waals surface area contributed by atoms with Crippen LogP contribution in [-0.2, 0) is 13.1 Å². The number of fused-ring (bicyclic) bond motifs is 2. The summed E-state index contributed by atoms with van der Waals surface area (Å²) >= 11 is 0. The van der Waals surface area contributed by atoms with E-state index in [2.05, 4.69) is 35.5 Å². The highest BCUT2D eigenvalue weighted by atomic mass is 16.2. The first-order valence-corrected chi connectivity index (χ1v) is 8.76. The molecule has 5 rings (SSSR count). The predicted molar refractivity (Wildman–Crippen MR) is 94.5 cm³/mol. The van der Waals surface area contributed by atoms with Crippen LogP contribution in [0.25, 0.3) is 11.0 Å². The Balaban J connectivity index is 1.46. The van der Waals surface area contributed by atoms with Crippen LogP contribution in [0.3, 0.4) is 0 Å². The smallest absolute Gasteiger partial charge is 0.272 e. The zero-order valence-electron chi connectivity index (χ0n) is 14.1. The van der Waals surface area contributed by atoms with Gasteiger partial charge in [0.1, 0.15) is 5.82 Å². The van der Waals surface area contributed by atoms with E-state index in [4.69, 9.17) is 5.73 Å². The SMILES string of the molecule is Nc1nc(N2CCCn3nc(C(=O)NC4CC4)cc3C2)c2cn[nH]c2n1. The lowest BCUT2D eigenvalue weighted by atomic mass is 10.3. The molecule has 4 N–H and O–H groups in total. The third-order valence-corrected chi connectivity index (χ3v) is 4.77. The van der Waals surface area contributed by atoms with E-state index in [0.717, 1.165) is 49.2 Å². The molecule has 0 bridgehead atoms. The Morgan fingerprint density at radius 1 is 1.31 bits per heavy atom. The van der Waals surface area contributed by atoms with Crippen LogP contribution in [0.1, 0.15) is 35.4 Å². The Hall–Kier alpha value is -3.17. The minimum Gasteiger partial charge on any atom is -0.368 e. The van der Waals surface area contributed by atoms with Gasteiger partial charge in [-0.25, -0.2) is 0 Å². The second-order valence-electron chi connectivity index (χ2n) is 6.80. The topological polar surface area (TPSA) is 131 Å². The number of hydrogen-bond donors (Lipinski definition) is 3. The highest BCUT2D eigenvalue weighted by Gasteiger charge is 2.27. The van der Waals surface area contributed by atoms with E-state index >= 15 is 0 Å². The number of aryl methyl sites for hydroxylation is 1. The Morgan fingerprint density at radius 2 is 2.19 bits per heavy atom. The van der Waals surface area contributed by atoms with Gasteiger partial charge in [-0.15, -0.1) is 0 Å². The number of aromatic amines is 1. The molecule has 0 radical (unpaired) electrons. The highest BCUT2D eigenvalue weighted by Crippen LogP contribution is 2.27. The van der Waals surface area contributed by atoms with E-state index < -0.39 is 0 Å². The van der Waals surface area contributed by atoms with Gasteiger partial charge >= 0.3 is 0 Å². The van der Waals surface area contributed by atoms with Crippen LogP contribution < -0.4 is 16.0 Å². The van der Waals surface area contributed by atoms with Crippen LogP contribution in [0, 0.1) is 0 Å². The minimum atomic E-state index is -0.0943. The van der Waals surface area contributed by atoms with Crippen molar-refractivity contribution in [1.82, 2.24) is 35.3 Å². The van der Waals surface area contributed by atoms with Crippen molar-refractivity contribution >= 4 is 28.7 Å². The van der Waals surface area contributed by atoms with Crippen molar-refractivity contribution in [2.24, 2.45) is 0 Å². The van der Waals surface area contributed by atoms with E-state index in [1.807, 2.05) is 10.7 Å². The summed E-state index contributed by atoms with van der Waals surface area (Å²) in [5.41, 5.74) is 7.93. The number of carbonyl (C=O) groups excluding carboxylic acids is 1. The van der Waals surface area contributed by atoms with Gasteiger partial charge in [0, 0.05) is 19.1 Å². The number of aromatic nitrogens is 6. The van der Waals surface area contributed by atoms with Gasteiger partial charge in [0.2, 0.25) is 5.95 Å². The summed E-state index contributed by atoms with van der Waals surface area (Å²) in [5, 5.41) is 15.2. The van der Waals surface area contributed by atoms with Gasteiger partial charge in [-0.3, -0.25) is 14.6 Å². The van der Waals surface area contributed by atoms with Gasteiger partial charge in [-0.1, -0.05) is 0 Å². The highest BCUT2D eigenvalue weighted by molar-refractivity contribution is 5.93. The first-order valence-electron chi connectivity index (χ1n) is 8.76. The number of nitrogen functional groups attached to an aromatic ring is 1. The molecule has 0 spiro atoms. The standard InChI is InChI=1S/C16H19N9O/c17-16-20-13-11(7-18-22-13)14(21-16)24-4-1-5-25-10(8-24)6-12(23-25)15(26)19-9-2-3-9/h6-7,9H,1-5,8H2,(H,19,26)(H3,17,18,20,21,22). The third-order valence-electron chi connectivity index (χ3n) is 4.77. The van der Waals surface area contributed by atoms with Crippen molar-refractivity contribution < 1.29 is 4.79 Å². The molecule has 3 aromatic rings. The molecule has 3 aromatic heterocycles. The molecule has 1 saturated carbocycles. The van der Waals surface area contributed by atoms with Crippen LogP contribution in [0.15, 0.2) is 12.3 Å². The largest absolute Gasteiger partial charge is 0.368 e. The number of carbonyl (C=O) groups is 1. The molecule has 4 heterocycles. The van der Waals surface area contributed by atoms with E-state index in [1.165, 1.54) is 0 Å². The number of H-pyrrole nitrogens is 1. The summed E-state index contributed by atoms with van der Waals surface area (Å²) in [4.78, 5) is 23.0. The second kappa shape index (κ2) is 5.68. The van der Waals surface area contributed by atoms with Crippen LogP contribution >= 0.6 is 0 Å². The normalized spacial score (nSPS) is 17.2. The first kappa shape index (κ1) is 15.1. The maximum atomic E-state index is 12.3. The van der Waals surface area contributed by atoms with Crippen molar-refractivity contribution in [2.75, 3.05) is 17.2 Å². The number of nitrogens with two attached hydrogens (primary N) is 1. The Labute approximate surface area is 148 Å². The van der Waals surface area contributed by atoms with E-state index in [1.54, 1.807) is 6.20 Å². The summed E-state index contributed by atoms with van der Waals surface area (Å²) < 4.78 is 1.92. The van der Waals surface area contributed by atoms with Gasteiger partial charge in [-0.2, -0.15) is 20.2 Å². The molecule has 0 aromatic carbocycles. The number of hydrogen-bond acceptors (Lipinski definition) is 7. The maximum Gasteiger partial charge on any atom is 0.272 e. The maximum absolute atomic E-state index is 12.3. The summed E-state index contributed by atoms with van der Waals surface area (Å²) in [6, 6.07) is 2.19. The lowest BCUT2D eigenvalue weighted by Crippen LogP contribution is -2.26. The van der Waals surface area contributed by atoms with Gasteiger partial charge < -0.3 is 16.0 Å². The van der Waals surface area contributed by atoms with E-state index in [9.17, 15) is 4.79 Å². The number of anilines is 2. The molecular formula is C16H19N9O. The number of amides is 1. The molecule has 2 aliphatic rings. The zero-order chi connectivity index (χ0) is 17.7. The number of nitrogens with zero attached hydrogens (tertiary/aromatic N) is 6. The number of rotatable bonds is 3. The molecule has 1 aliphatic carbocycles. The van der Waals surface area contributed by atoms with Crippen LogP contribution in [0.2, 0.25) is 0 Å². The van der Waals surface area contributed by atoms with Gasteiger partial charge in [-0.05, 0) is 25.3 Å². The Bertz CT molecular complexity index is 987. The fraction of sp³-hybridized carbons (Fsp3) is 0.438. The second-order valence-corrected chi connectivity index (χ2v) is 6.80. The van der Waals surface area contributed by atoms with Crippen molar-refractivity contribution in [3.63, 3.8) is 0 Å². The van der Waals surface area contributed by atoms with Crippen LogP contribution in [0.5, 0.6) is 0 Å². The minimum absolute atomic E-state index is 0.0943. The van der Waals surface area contributed by atoms with Gasteiger partial charge in [0.25, 0.3) is 5.91 Å². The molecule has 134 valence electrons. The lowest BCUT2D eigenvalue weighted by Gasteiger charge is -2.21. The molecule has 0 saturated heterocycles. The van der Waals surface area contributed by atoms with Crippen molar-refractivity contribution in [1.29, 1.82) is 0 Å². The fourth-order valence-corrected chi connectivity index (χ4v) is 3.32. The number of nitrogens with one attached hydrogen (secondary N) is 2. The monoisotopic (exact) mass is 353 g/mol. The van der Waals surface area contributed by atoms with E-state index in [0.29, 0.717) is 23.9 Å². The van der Waals surface area contributed by atoms with E-state index in [-0.39, 0.29) is 11.9 Å². The summed E-state index contributed by atoms with van der Waals surface area (Å²) in [6.07, 6.45) is 4.72. The van der Waals surface area contributed by atoms with Crippen molar-refractivity contribution in [3.05, 3.63) is 23.7 Å². The molecule has 0 atom stereocenters.